The van der Waals surface area contributed by atoms with Gasteiger partial charge in [-0.1, -0.05) is 42.5 Å². The van der Waals surface area contributed by atoms with Crippen LogP contribution >= 0.6 is 0 Å². The molecule has 110 valence electrons. The fourth-order valence-electron chi connectivity index (χ4n) is 1.96. The van der Waals surface area contributed by atoms with Gasteiger partial charge in [0, 0.05) is 16.8 Å². The molecule has 1 amide bonds. The number of nitrogens with zero attached hydrogens (tertiary/aromatic N) is 1. The van der Waals surface area contributed by atoms with Crippen LogP contribution in [-0.4, -0.2) is 24.8 Å². The largest absolute Gasteiger partial charge is 0.376 e. The van der Waals surface area contributed by atoms with E-state index in [9.17, 15) is 9.59 Å². The number of hydrogen-bond acceptors (Lipinski definition) is 4. The van der Waals surface area contributed by atoms with E-state index >= 15 is 0 Å². The molecule has 2 aromatic rings. The lowest BCUT2D eigenvalue weighted by atomic mass is 10.0. The number of benzene rings is 2. The van der Waals surface area contributed by atoms with Crippen molar-refractivity contribution in [2.45, 2.75) is 0 Å². The second kappa shape index (κ2) is 7.60. The van der Waals surface area contributed by atoms with Crippen molar-refractivity contribution in [3.8, 4) is 6.07 Å². The van der Waals surface area contributed by atoms with Crippen molar-refractivity contribution in [2.75, 3.05) is 18.4 Å². The van der Waals surface area contributed by atoms with Gasteiger partial charge in [0.2, 0.25) is 5.91 Å². The number of carbonyl (C=O) groups excluding carboxylic acids is 2. The molecule has 2 aromatic carbocycles. The third-order valence-electron chi connectivity index (χ3n) is 3.01. The third kappa shape index (κ3) is 3.93. The summed E-state index contributed by atoms with van der Waals surface area (Å²) in [5, 5.41) is 13.8. The Morgan fingerprint density at radius 2 is 1.68 bits per heavy atom. The van der Waals surface area contributed by atoms with Gasteiger partial charge in [-0.2, -0.15) is 5.26 Å². The lowest BCUT2D eigenvalue weighted by molar-refractivity contribution is -0.119. The fourth-order valence-corrected chi connectivity index (χ4v) is 1.96. The highest BCUT2D eigenvalue weighted by molar-refractivity contribution is 6.12. The van der Waals surface area contributed by atoms with Crippen LogP contribution in [0.3, 0.4) is 0 Å². The molecule has 0 aliphatic rings. The van der Waals surface area contributed by atoms with E-state index in [0.717, 1.165) is 0 Å². The number of hydrogen-bond donors (Lipinski definition) is 2. The number of nitrogens with one attached hydrogen (secondary N) is 2. The topological polar surface area (TPSA) is 82.0 Å². The molecule has 0 fully saturated rings. The molecule has 0 bridgehead atoms. The predicted molar refractivity (Wildman–Crippen MR) is 83.4 cm³/mol. The van der Waals surface area contributed by atoms with Crippen LogP contribution in [0.25, 0.3) is 0 Å². The molecular formula is C17H15N3O2. The molecule has 0 aliphatic heterocycles. The molecule has 0 saturated carbocycles. The highest BCUT2D eigenvalue weighted by atomic mass is 16.2. The minimum Gasteiger partial charge on any atom is -0.376 e. The monoisotopic (exact) mass is 293 g/mol. The predicted octanol–water partition coefficient (Wildman–Crippen LogP) is 1.97. The number of anilines is 1. The summed E-state index contributed by atoms with van der Waals surface area (Å²) in [6, 6.07) is 17.8. The molecule has 0 radical (unpaired) electrons. The molecular weight excluding hydrogens is 278 g/mol. The lowest BCUT2D eigenvalue weighted by Gasteiger charge is -2.11. The van der Waals surface area contributed by atoms with E-state index in [0.29, 0.717) is 16.8 Å². The van der Waals surface area contributed by atoms with Crippen molar-refractivity contribution in [1.29, 1.82) is 5.26 Å². The van der Waals surface area contributed by atoms with Gasteiger partial charge >= 0.3 is 0 Å². The molecule has 22 heavy (non-hydrogen) atoms. The van der Waals surface area contributed by atoms with E-state index in [1.165, 1.54) is 0 Å². The van der Waals surface area contributed by atoms with E-state index in [1.54, 1.807) is 48.5 Å². The average molecular weight is 293 g/mol. The summed E-state index contributed by atoms with van der Waals surface area (Å²) in [5.74, 6) is -0.412. The Labute approximate surface area is 128 Å². The molecule has 0 saturated heterocycles. The van der Waals surface area contributed by atoms with Gasteiger partial charge in [-0.3, -0.25) is 9.59 Å². The van der Waals surface area contributed by atoms with Gasteiger partial charge in [0.15, 0.2) is 5.78 Å². The Morgan fingerprint density at radius 1 is 1.00 bits per heavy atom. The maximum Gasteiger partial charge on any atom is 0.240 e. The molecule has 2 N–H and O–H groups in total. The molecule has 2 rings (SSSR count). The van der Waals surface area contributed by atoms with E-state index < -0.39 is 0 Å². The number of carbonyl (C=O) groups is 2. The molecule has 5 heteroatoms. The molecule has 0 spiro atoms. The minimum atomic E-state index is -0.302. The number of amides is 1. The van der Waals surface area contributed by atoms with Gasteiger partial charge in [-0.25, -0.2) is 0 Å². The van der Waals surface area contributed by atoms with E-state index in [4.69, 9.17) is 5.26 Å². The number of nitriles is 1. The third-order valence-corrected chi connectivity index (χ3v) is 3.01. The van der Waals surface area contributed by atoms with Crippen LogP contribution in [-0.2, 0) is 4.79 Å². The summed E-state index contributed by atoms with van der Waals surface area (Å²) in [7, 11) is 0. The van der Waals surface area contributed by atoms with Crippen LogP contribution in [0.15, 0.2) is 54.6 Å². The van der Waals surface area contributed by atoms with Gasteiger partial charge in [-0.15, -0.1) is 0 Å². The van der Waals surface area contributed by atoms with Crippen LogP contribution < -0.4 is 10.6 Å². The van der Waals surface area contributed by atoms with Crippen LogP contribution in [0, 0.1) is 11.3 Å². The lowest BCUT2D eigenvalue weighted by Crippen LogP contribution is -2.30. The van der Waals surface area contributed by atoms with Crippen molar-refractivity contribution in [3.63, 3.8) is 0 Å². The first-order valence-corrected chi connectivity index (χ1v) is 6.78. The van der Waals surface area contributed by atoms with Crippen molar-refractivity contribution >= 4 is 17.4 Å². The van der Waals surface area contributed by atoms with Crippen LogP contribution in [0.2, 0.25) is 0 Å². The minimum absolute atomic E-state index is 0.000757. The molecule has 5 nitrogen and oxygen atoms in total. The number of para-hydroxylation sites is 1. The molecule has 0 atom stereocenters. The SMILES string of the molecule is N#CCNC(=O)CNc1ccccc1C(=O)c1ccccc1. The van der Waals surface area contributed by atoms with Gasteiger partial charge < -0.3 is 10.6 Å². The van der Waals surface area contributed by atoms with E-state index in [-0.39, 0.29) is 24.8 Å². The van der Waals surface area contributed by atoms with Crippen LogP contribution in [0.4, 0.5) is 5.69 Å². The Morgan fingerprint density at radius 3 is 2.41 bits per heavy atom. The zero-order chi connectivity index (χ0) is 15.8. The molecule has 0 aromatic heterocycles. The highest BCUT2D eigenvalue weighted by Crippen LogP contribution is 2.18. The first kappa shape index (κ1) is 15.3. The number of ketones is 1. The normalized spacial score (nSPS) is 9.59. The standard InChI is InChI=1S/C17H15N3O2/c18-10-11-19-16(21)12-20-15-9-5-4-8-14(15)17(22)13-6-2-1-3-7-13/h1-9,20H,11-12H2,(H,19,21). The first-order chi connectivity index (χ1) is 10.7. The van der Waals surface area contributed by atoms with Gasteiger partial charge in [0.1, 0.15) is 6.54 Å². The summed E-state index contributed by atoms with van der Waals surface area (Å²) in [4.78, 5) is 24.0. The second-order valence-corrected chi connectivity index (χ2v) is 4.53. The molecule has 0 aliphatic carbocycles. The maximum atomic E-state index is 12.5. The van der Waals surface area contributed by atoms with Gasteiger partial charge in [-0.05, 0) is 12.1 Å². The first-order valence-electron chi connectivity index (χ1n) is 6.78. The van der Waals surface area contributed by atoms with Crippen LogP contribution in [0.1, 0.15) is 15.9 Å². The van der Waals surface area contributed by atoms with Crippen molar-refractivity contribution in [2.24, 2.45) is 0 Å². The van der Waals surface area contributed by atoms with Gasteiger partial charge in [0.05, 0.1) is 12.6 Å². The Balaban J connectivity index is 2.12. The quantitative estimate of drug-likeness (QED) is 0.630. The zero-order valence-electron chi connectivity index (χ0n) is 11.9. The Hall–Kier alpha value is -3.13. The van der Waals surface area contributed by atoms with Crippen molar-refractivity contribution in [1.82, 2.24) is 5.32 Å². The Kier molecular flexibility index (Phi) is 5.27. The number of rotatable bonds is 6. The fraction of sp³-hybridized carbons (Fsp3) is 0.118. The summed E-state index contributed by atoms with van der Waals surface area (Å²) >= 11 is 0. The summed E-state index contributed by atoms with van der Waals surface area (Å²) in [6.07, 6.45) is 0. The average Bonchev–Trinajstić information content (AvgIpc) is 2.58. The van der Waals surface area contributed by atoms with E-state index in [1.807, 2.05) is 12.1 Å². The second-order valence-electron chi connectivity index (χ2n) is 4.53. The maximum absolute atomic E-state index is 12.5. The summed E-state index contributed by atoms with van der Waals surface area (Å²) in [6.45, 7) is -0.0358. The smallest absolute Gasteiger partial charge is 0.240 e. The highest BCUT2D eigenvalue weighted by Gasteiger charge is 2.13. The van der Waals surface area contributed by atoms with Crippen LogP contribution in [0.5, 0.6) is 0 Å². The van der Waals surface area contributed by atoms with E-state index in [2.05, 4.69) is 10.6 Å². The van der Waals surface area contributed by atoms with Gasteiger partial charge in [0.25, 0.3) is 0 Å². The molecule has 0 heterocycles. The molecule has 0 unspecified atom stereocenters. The summed E-state index contributed by atoms with van der Waals surface area (Å²) < 4.78 is 0. The Bertz CT molecular complexity index is 705. The zero-order valence-corrected chi connectivity index (χ0v) is 11.9. The van der Waals surface area contributed by atoms with Crippen molar-refractivity contribution < 1.29 is 9.59 Å². The van der Waals surface area contributed by atoms with Crippen molar-refractivity contribution in [3.05, 3.63) is 65.7 Å². The summed E-state index contributed by atoms with van der Waals surface area (Å²) in [5.41, 5.74) is 1.68.